The lowest BCUT2D eigenvalue weighted by Crippen LogP contribution is -2.39. The summed E-state index contributed by atoms with van der Waals surface area (Å²) >= 11 is 6.05. The maximum absolute atomic E-state index is 12.0. The summed E-state index contributed by atoms with van der Waals surface area (Å²) < 4.78 is 2.00. The van der Waals surface area contributed by atoms with Crippen molar-refractivity contribution in [3.8, 4) is 0 Å². The van der Waals surface area contributed by atoms with Gasteiger partial charge in [0.05, 0.1) is 18.1 Å². The van der Waals surface area contributed by atoms with Crippen molar-refractivity contribution in [2.24, 2.45) is 12.0 Å². The van der Waals surface area contributed by atoms with Crippen LogP contribution < -0.4 is 10.6 Å². The lowest BCUT2D eigenvalue weighted by molar-refractivity contribution is -0.121. The van der Waals surface area contributed by atoms with E-state index in [-0.39, 0.29) is 29.9 Å². The topological polar surface area (TPSA) is 61.7 Å². The van der Waals surface area contributed by atoms with E-state index in [2.05, 4.69) is 15.6 Å². The molecule has 0 unspecified atom stereocenters. The molecule has 0 spiro atoms. The van der Waals surface area contributed by atoms with Crippen LogP contribution in [0, 0.1) is 0 Å². The maximum Gasteiger partial charge on any atom is 0.222 e. The Kier molecular flexibility index (Phi) is 11.0. The number of hydrogen-bond donors (Lipinski definition) is 2. The fourth-order valence-corrected chi connectivity index (χ4v) is 2.93. The minimum absolute atomic E-state index is 0. The van der Waals surface area contributed by atoms with Crippen molar-refractivity contribution in [1.82, 2.24) is 20.1 Å². The van der Waals surface area contributed by atoms with Gasteiger partial charge in [0, 0.05) is 45.5 Å². The fraction of sp³-hybridized carbons (Fsp3) is 0.400. The number of nitrogens with zero attached hydrogens (tertiary/aromatic N) is 3. The van der Waals surface area contributed by atoms with E-state index in [1.54, 1.807) is 0 Å². The first-order valence-corrected chi connectivity index (χ1v) is 9.48. The predicted molar refractivity (Wildman–Crippen MR) is 126 cm³/mol. The smallest absolute Gasteiger partial charge is 0.222 e. The second-order valence-electron chi connectivity index (χ2n) is 6.36. The van der Waals surface area contributed by atoms with Crippen LogP contribution in [0.3, 0.4) is 0 Å². The predicted octanol–water partition coefficient (Wildman–Crippen LogP) is 3.40. The molecule has 1 heterocycles. The van der Waals surface area contributed by atoms with Crippen molar-refractivity contribution in [3.63, 3.8) is 0 Å². The number of carbonyl (C=O) groups is 1. The van der Waals surface area contributed by atoms with Crippen molar-refractivity contribution in [1.29, 1.82) is 0 Å². The van der Waals surface area contributed by atoms with Gasteiger partial charge in [0.25, 0.3) is 0 Å². The van der Waals surface area contributed by atoms with Gasteiger partial charge in [-0.25, -0.2) is 0 Å². The standard InChI is InChI=1S/C20H28ClN5O.HI/c1-4-22-20(26(3)15-18-12-17(21)14-25(18)2)23-11-10-19(27)24-13-16-8-6-5-7-9-16;/h5-9,12,14H,4,10-11,13,15H2,1-3H3,(H,22,23)(H,24,27);1H. The summed E-state index contributed by atoms with van der Waals surface area (Å²) in [6, 6.07) is 11.8. The molecule has 0 aliphatic heterocycles. The van der Waals surface area contributed by atoms with Gasteiger partial charge in [0.15, 0.2) is 5.96 Å². The Hall–Kier alpha value is -1.74. The highest BCUT2D eigenvalue weighted by Crippen LogP contribution is 2.14. The van der Waals surface area contributed by atoms with Gasteiger partial charge in [-0.2, -0.15) is 0 Å². The number of hydrogen-bond acceptors (Lipinski definition) is 2. The molecule has 6 nitrogen and oxygen atoms in total. The fourth-order valence-electron chi connectivity index (χ4n) is 2.66. The summed E-state index contributed by atoms with van der Waals surface area (Å²) in [5.41, 5.74) is 2.18. The molecule has 8 heteroatoms. The highest BCUT2D eigenvalue weighted by molar-refractivity contribution is 14.0. The van der Waals surface area contributed by atoms with Crippen LogP contribution in [0.15, 0.2) is 47.6 Å². The third kappa shape index (κ3) is 8.10. The number of guanidine groups is 1. The lowest BCUT2D eigenvalue weighted by atomic mass is 10.2. The van der Waals surface area contributed by atoms with Crippen molar-refractivity contribution in [2.75, 3.05) is 20.1 Å². The van der Waals surface area contributed by atoms with Gasteiger partial charge in [-0.1, -0.05) is 41.9 Å². The molecule has 2 N–H and O–H groups in total. The number of rotatable bonds is 8. The zero-order chi connectivity index (χ0) is 19.6. The Bertz CT molecular complexity index is 763. The molecule has 28 heavy (non-hydrogen) atoms. The largest absolute Gasteiger partial charge is 0.357 e. The van der Waals surface area contributed by atoms with Gasteiger partial charge in [0.2, 0.25) is 5.91 Å². The molecule has 1 amide bonds. The lowest BCUT2D eigenvalue weighted by Gasteiger charge is -2.22. The third-order valence-electron chi connectivity index (χ3n) is 4.10. The zero-order valence-corrected chi connectivity index (χ0v) is 19.7. The average Bonchev–Trinajstić information content (AvgIpc) is 2.97. The average molecular weight is 518 g/mol. The number of benzene rings is 1. The van der Waals surface area contributed by atoms with E-state index >= 15 is 0 Å². The van der Waals surface area contributed by atoms with E-state index in [4.69, 9.17) is 11.6 Å². The summed E-state index contributed by atoms with van der Waals surface area (Å²) in [4.78, 5) is 18.6. The van der Waals surface area contributed by atoms with Crippen LogP contribution in [-0.4, -0.2) is 41.5 Å². The first kappa shape index (κ1) is 24.3. The number of amides is 1. The molecule has 0 atom stereocenters. The van der Waals surface area contributed by atoms with Crippen LogP contribution in [0.2, 0.25) is 5.02 Å². The van der Waals surface area contributed by atoms with Gasteiger partial charge in [0.1, 0.15) is 0 Å². The van der Waals surface area contributed by atoms with Gasteiger partial charge in [-0.15, -0.1) is 24.0 Å². The number of aliphatic imine (C=N–C) groups is 1. The molecule has 2 aromatic rings. The van der Waals surface area contributed by atoms with E-state index in [9.17, 15) is 4.79 Å². The summed E-state index contributed by atoms with van der Waals surface area (Å²) in [5, 5.41) is 6.91. The number of halogens is 2. The number of nitrogens with one attached hydrogen (secondary N) is 2. The van der Waals surface area contributed by atoms with Gasteiger partial charge in [-0.05, 0) is 18.6 Å². The molecule has 0 bridgehead atoms. The molecule has 2 rings (SSSR count). The second kappa shape index (κ2) is 12.7. The molecule has 154 valence electrons. The molecule has 1 aromatic heterocycles. The first-order chi connectivity index (χ1) is 13.0. The normalized spacial score (nSPS) is 10.9. The molecular formula is C20H29ClIN5O. The Balaban J connectivity index is 0.00000392. The molecule has 0 radical (unpaired) electrons. The van der Waals surface area contributed by atoms with Crippen molar-refractivity contribution in [2.45, 2.75) is 26.4 Å². The molecule has 0 saturated heterocycles. The van der Waals surface area contributed by atoms with E-state index in [1.807, 2.05) is 73.1 Å². The maximum atomic E-state index is 12.0. The van der Waals surface area contributed by atoms with E-state index in [0.717, 1.165) is 28.8 Å². The molecule has 0 fully saturated rings. The zero-order valence-electron chi connectivity index (χ0n) is 16.6. The van der Waals surface area contributed by atoms with Crippen LogP contribution in [0.4, 0.5) is 0 Å². The minimum atomic E-state index is -0.00433. The van der Waals surface area contributed by atoms with Crippen molar-refractivity contribution in [3.05, 3.63) is 58.9 Å². The van der Waals surface area contributed by atoms with E-state index in [1.165, 1.54) is 0 Å². The monoisotopic (exact) mass is 517 g/mol. The van der Waals surface area contributed by atoms with E-state index < -0.39 is 0 Å². The Morgan fingerprint density at radius 3 is 2.57 bits per heavy atom. The summed E-state index contributed by atoms with van der Waals surface area (Å²) in [6.07, 6.45) is 2.23. The minimum Gasteiger partial charge on any atom is -0.357 e. The van der Waals surface area contributed by atoms with Gasteiger partial charge in [-0.3, -0.25) is 9.79 Å². The van der Waals surface area contributed by atoms with Crippen LogP contribution >= 0.6 is 35.6 Å². The Morgan fingerprint density at radius 2 is 1.96 bits per heavy atom. The SMILES string of the molecule is CCNC(=NCCC(=O)NCc1ccccc1)N(C)Cc1cc(Cl)cn1C.I. The molecular weight excluding hydrogens is 489 g/mol. The number of carbonyl (C=O) groups excluding carboxylic acids is 1. The molecule has 0 aliphatic rings. The van der Waals surface area contributed by atoms with Crippen molar-refractivity contribution >= 4 is 47.4 Å². The first-order valence-electron chi connectivity index (χ1n) is 9.10. The molecule has 0 aliphatic carbocycles. The molecule has 0 saturated carbocycles. The van der Waals surface area contributed by atoms with Crippen molar-refractivity contribution < 1.29 is 4.79 Å². The highest BCUT2D eigenvalue weighted by atomic mass is 127. The van der Waals surface area contributed by atoms with Gasteiger partial charge < -0.3 is 20.1 Å². The summed E-state index contributed by atoms with van der Waals surface area (Å²) in [7, 11) is 3.94. The van der Waals surface area contributed by atoms with E-state index in [0.29, 0.717) is 26.1 Å². The Labute approximate surface area is 189 Å². The van der Waals surface area contributed by atoms with Crippen LogP contribution in [0.1, 0.15) is 24.6 Å². The van der Waals surface area contributed by atoms with Gasteiger partial charge >= 0.3 is 0 Å². The highest BCUT2D eigenvalue weighted by Gasteiger charge is 2.10. The van der Waals surface area contributed by atoms with Crippen LogP contribution in [-0.2, 0) is 24.9 Å². The molecule has 1 aromatic carbocycles. The third-order valence-corrected chi connectivity index (χ3v) is 4.31. The second-order valence-corrected chi connectivity index (χ2v) is 6.80. The Morgan fingerprint density at radius 1 is 1.25 bits per heavy atom. The number of aromatic nitrogens is 1. The quantitative estimate of drug-likeness (QED) is 0.321. The number of aryl methyl sites for hydroxylation is 1. The summed E-state index contributed by atoms with van der Waals surface area (Å²) in [6.45, 7) is 4.43. The summed E-state index contributed by atoms with van der Waals surface area (Å²) in [5.74, 6) is 0.765. The van der Waals surface area contributed by atoms with Crippen LogP contribution in [0.25, 0.3) is 0 Å². The van der Waals surface area contributed by atoms with Crippen LogP contribution in [0.5, 0.6) is 0 Å².